The first-order chi connectivity index (χ1) is 6.09. The smallest absolute Gasteiger partial charge is 0.0453 e. The van der Waals surface area contributed by atoms with Gasteiger partial charge in [-0.1, -0.05) is 38.4 Å². The van der Waals surface area contributed by atoms with E-state index in [2.05, 4.69) is 38.4 Å². The minimum atomic E-state index is 0.807. The zero-order valence-corrected chi connectivity index (χ0v) is 10.9. The Hall–Kier alpha value is 0.0700. The van der Waals surface area contributed by atoms with Gasteiger partial charge < -0.3 is 5.73 Å². The van der Waals surface area contributed by atoms with Crippen LogP contribution in [0.15, 0.2) is 38.6 Å². The molecule has 0 amide bonds. The SMILES string of the molecule is C=C(Br)CSc1cc(Br)ccc1N. The van der Waals surface area contributed by atoms with E-state index in [1.165, 1.54) is 0 Å². The van der Waals surface area contributed by atoms with Crippen molar-refractivity contribution in [2.24, 2.45) is 0 Å². The number of benzene rings is 1. The van der Waals surface area contributed by atoms with E-state index in [1.54, 1.807) is 11.8 Å². The van der Waals surface area contributed by atoms with Crippen LogP contribution >= 0.6 is 43.6 Å². The molecule has 13 heavy (non-hydrogen) atoms. The summed E-state index contributed by atoms with van der Waals surface area (Å²) < 4.78 is 2.02. The van der Waals surface area contributed by atoms with Crippen molar-refractivity contribution in [1.82, 2.24) is 0 Å². The minimum absolute atomic E-state index is 0.807. The molecule has 1 nitrogen and oxygen atoms in total. The largest absolute Gasteiger partial charge is 0.398 e. The quantitative estimate of drug-likeness (QED) is 0.671. The summed E-state index contributed by atoms with van der Waals surface area (Å²) in [6, 6.07) is 5.84. The van der Waals surface area contributed by atoms with Crippen molar-refractivity contribution in [3.8, 4) is 0 Å². The van der Waals surface area contributed by atoms with E-state index in [9.17, 15) is 0 Å². The summed E-state index contributed by atoms with van der Waals surface area (Å²) in [6.07, 6.45) is 0. The lowest BCUT2D eigenvalue weighted by atomic mass is 10.3. The first-order valence-electron chi connectivity index (χ1n) is 3.60. The van der Waals surface area contributed by atoms with Gasteiger partial charge in [-0.3, -0.25) is 0 Å². The molecule has 0 saturated carbocycles. The summed E-state index contributed by atoms with van der Waals surface area (Å²) >= 11 is 8.38. The third-order valence-electron chi connectivity index (χ3n) is 1.36. The van der Waals surface area contributed by atoms with Crippen molar-refractivity contribution in [3.05, 3.63) is 33.7 Å². The minimum Gasteiger partial charge on any atom is -0.398 e. The number of nitrogens with two attached hydrogens (primary N) is 1. The maximum absolute atomic E-state index is 5.79. The van der Waals surface area contributed by atoms with Gasteiger partial charge in [-0.2, -0.15) is 0 Å². The molecule has 0 heterocycles. The molecule has 1 aromatic rings. The van der Waals surface area contributed by atoms with Crippen molar-refractivity contribution >= 4 is 49.3 Å². The molecule has 0 saturated heterocycles. The van der Waals surface area contributed by atoms with Gasteiger partial charge >= 0.3 is 0 Å². The van der Waals surface area contributed by atoms with Crippen LogP contribution in [0.25, 0.3) is 0 Å². The molecule has 0 unspecified atom stereocenters. The van der Waals surface area contributed by atoms with E-state index in [0.717, 1.165) is 25.3 Å². The number of hydrogen-bond acceptors (Lipinski definition) is 2. The van der Waals surface area contributed by atoms with E-state index in [-0.39, 0.29) is 0 Å². The Balaban J connectivity index is 2.75. The summed E-state index contributed by atoms with van der Waals surface area (Å²) in [6.45, 7) is 3.77. The number of nitrogen functional groups attached to an aromatic ring is 1. The molecule has 1 aromatic carbocycles. The molecule has 0 aliphatic carbocycles. The Labute approximate surface area is 99.0 Å². The highest BCUT2D eigenvalue weighted by Crippen LogP contribution is 2.29. The molecule has 0 atom stereocenters. The highest BCUT2D eigenvalue weighted by molar-refractivity contribution is 9.11. The lowest BCUT2D eigenvalue weighted by Gasteiger charge is -2.04. The second kappa shape index (κ2) is 5.08. The maximum Gasteiger partial charge on any atom is 0.0453 e. The van der Waals surface area contributed by atoms with Crippen molar-refractivity contribution in [1.29, 1.82) is 0 Å². The van der Waals surface area contributed by atoms with Crippen LogP contribution in [0.2, 0.25) is 0 Å². The first-order valence-corrected chi connectivity index (χ1v) is 6.18. The molecular formula is C9H9Br2NS. The highest BCUT2D eigenvalue weighted by Gasteiger charge is 2.00. The zero-order valence-electron chi connectivity index (χ0n) is 6.89. The van der Waals surface area contributed by atoms with Gasteiger partial charge in [-0.05, 0) is 22.7 Å². The summed E-state index contributed by atoms with van der Waals surface area (Å²) in [5.74, 6) is 0.834. The van der Waals surface area contributed by atoms with Crippen LogP contribution in [0.5, 0.6) is 0 Å². The van der Waals surface area contributed by atoms with E-state index >= 15 is 0 Å². The topological polar surface area (TPSA) is 26.0 Å². The summed E-state index contributed by atoms with van der Waals surface area (Å²) in [5, 5.41) is 0. The zero-order chi connectivity index (χ0) is 9.84. The molecule has 0 aliphatic rings. The second-order valence-corrected chi connectivity index (χ2v) is 5.54. The molecule has 0 bridgehead atoms. The van der Waals surface area contributed by atoms with Crippen LogP contribution in [0.4, 0.5) is 5.69 Å². The third-order valence-corrected chi connectivity index (χ3v) is 3.66. The van der Waals surface area contributed by atoms with Crippen LogP contribution in [0.1, 0.15) is 0 Å². The Kier molecular flexibility index (Phi) is 4.35. The van der Waals surface area contributed by atoms with Gasteiger partial charge in [0.1, 0.15) is 0 Å². The predicted molar refractivity (Wildman–Crippen MR) is 67.3 cm³/mol. The van der Waals surface area contributed by atoms with Crippen LogP contribution in [-0.2, 0) is 0 Å². The van der Waals surface area contributed by atoms with Gasteiger partial charge in [-0.25, -0.2) is 0 Å². The molecule has 4 heteroatoms. The van der Waals surface area contributed by atoms with E-state index in [1.807, 2.05) is 18.2 Å². The fourth-order valence-corrected chi connectivity index (χ4v) is 2.40. The van der Waals surface area contributed by atoms with E-state index in [4.69, 9.17) is 5.73 Å². The Morgan fingerprint density at radius 2 is 2.23 bits per heavy atom. The lowest BCUT2D eigenvalue weighted by Crippen LogP contribution is -1.88. The van der Waals surface area contributed by atoms with Crippen molar-refractivity contribution in [3.63, 3.8) is 0 Å². The standard InChI is InChI=1S/C9H9Br2NS/c1-6(10)5-13-9-4-7(11)2-3-8(9)12/h2-4H,1,5,12H2. The van der Waals surface area contributed by atoms with Gasteiger partial charge in [0.25, 0.3) is 0 Å². The fraction of sp³-hybridized carbons (Fsp3) is 0.111. The Bertz CT molecular complexity index is 325. The molecule has 0 fully saturated rings. The molecule has 0 radical (unpaired) electrons. The van der Waals surface area contributed by atoms with Crippen molar-refractivity contribution in [2.45, 2.75) is 4.90 Å². The summed E-state index contributed by atoms with van der Waals surface area (Å²) in [4.78, 5) is 1.08. The predicted octanol–water partition coefficient (Wildman–Crippen LogP) is 4.03. The molecule has 0 spiro atoms. The molecule has 70 valence electrons. The van der Waals surface area contributed by atoms with Crippen LogP contribution in [0.3, 0.4) is 0 Å². The summed E-state index contributed by atoms with van der Waals surface area (Å²) in [7, 11) is 0. The molecular weight excluding hydrogens is 314 g/mol. The van der Waals surface area contributed by atoms with Gasteiger partial charge in [0.05, 0.1) is 0 Å². The van der Waals surface area contributed by atoms with Gasteiger partial charge in [0, 0.05) is 20.8 Å². The van der Waals surface area contributed by atoms with Crippen LogP contribution in [0, 0.1) is 0 Å². The Morgan fingerprint density at radius 1 is 1.54 bits per heavy atom. The molecule has 0 aromatic heterocycles. The van der Waals surface area contributed by atoms with Crippen LogP contribution in [-0.4, -0.2) is 5.75 Å². The van der Waals surface area contributed by atoms with Crippen LogP contribution < -0.4 is 5.73 Å². The lowest BCUT2D eigenvalue weighted by molar-refractivity contribution is 1.43. The number of halogens is 2. The number of thioether (sulfide) groups is 1. The maximum atomic E-state index is 5.79. The fourth-order valence-electron chi connectivity index (χ4n) is 0.789. The van der Waals surface area contributed by atoms with E-state index < -0.39 is 0 Å². The molecule has 2 N–H and O–H groups in total. The average Bonchev–Trinajstić information content (AvgIpc) is 2.06. The number of rotatable bonds is 3. The van der Waals surface area contributed by atoms with Crippen molar-refractivity contribution in [2.75, 3.05) is 11.5 Å². The second-order valence-electron chi connectivity index (χ2n) is 2.49. The average molecular weight is 323 g/mol. The first kappa shape index (κ1) is 11.1. The van der Waals surface area contributed by atoms with Gasteiger partial charge in [0.2, 0.25) is 0 Å². The third kappa shape index (κ3) is 3.75. The van der Waals surface area contributed by atoms with Crippen molar-refractivity contribution < 1.29 is 0 Å². The normalized spacial score (nSPS) is 10.0. The van der Waals surface area contributed by atoms with Gasteiger partial charge in [0.15, 0.2) is 0 Å². The molecule has 0 aliphatic heterocycles. The summed E-state index contributed by atoms with van der Waals surface area (Å²) in [5.41, 5.74) is 6.60. The monoisotopic (exact) mass is 321 g/mol. The highest BCUT2D eigenvalue weighted by atomic mass is 79.9. The number of anilines is 1. The van der Waals surface area contributed by atoms with E-state index in [0.29, 0.717) is 0 Å². The number of hydrogen-bond donors (Lipinski definition) is 1. The molecule has 1 rings (SSSR count). The van der Waals surface area contributed by atoms with Gasteiger partial charge in [-0.15, -0.1) is 11.8 Å². The Morgan fingerprint density at radius 3 is 2.85 bits per heavy atom.